The molecule has 0 aliphatic rings. The number of hydrogen-bond donors (Lipinski definition) is 3. The largest absolute Gasteiger partial charge is 0.506 e. The van der Waals surface area contributed by atoms with Crippen LogP contribution in [-0.4, -0.2) is 16.0 Å². The molecule has 0 spiro atoms. The van der Waals surface area contributed by atoms with Crippen LogP contribution in [0.2, 0.25) is 0 Å². The van der Waals surface area contributed by atoms with Crippen molar-refractivity contribution in [3.8, 4) is 5.75 Å². The molecular formula is C14H14N2O3. The van der Waals surface area contributed by atoms with Gasteiger partial charge in [-0.15, -0.1) is 0 Å². The van der Waals surface area contributed by atoms with E-state index in [9.17, 15) is 14.7 Å². The Hall–Kier alpha value is -2.56. The van der Waals surface area contributed by atoms with Gasteiger partial charge in [-0.2, -0.15) is 0 Å². The van der Waals surface area contributed by atoms with Crippen LogP contribution in [0.4, 0.5) is 5.69 Å². The summed E-state index contributed by atoms with van der Waals surface area (Å²) < 4.78 is 0. The highest BCUT2D eigenvalue weighted by atomic mass is 16.3. The molecule has 98 valence electrons. The van der Waals surface area contributed by atoms with Crippen LogP contribution in [-0.2, 0) is 0 Å². The molecule has 0 aliphatic heterocycles. The molecular weight excluding hydrogens is 244 g/mol. The minimum atomic E-state index is -0.555. The molecule has 1 amide bonds. The van der Waals surface area contributed by atoms with E-state index in [1.54, 1.807) is 25.1 Å². The Morgan fingerprint density at radius 2 is 1.95 bits per heavy atom. The Bertz CT molecular complexity index is 689. The fourth-order valence-corrected chi connectivity index (χ4v) is 1.69. The average molecular weight is 258 g/mol. The van der Waals surface area contributed by atoms with Gasteiger partial charge in [-0.25, -0.2) is 0 Å². The minimum Gasteiger partial charge on any atom is -0.506 e. The number of hydrogen-bond acceptors (Lipinski definition) is 3. The highest BCUT2D eigenvalue weighted by molar-refractivity contribution is 6.04. The standard InChI is InChI=1S/C14H14N2O3/c1-8-3-6-11(12(17)7-8)16-14(19)10-5-4-9(2)15-13(10)18/h3-7,17H,1-2H3,(H,15,18)(H,16,19). The van der Waals surface area contributed by atoms with Crippen molar-refractivity contribution in [3.05, 3.63) is 57.5 Å². The monoisotopic (exact) mass is 258 g/mol. The fraction of sp³-hybridized carbons (Fsp3) is 0.143. The number of aromatic amines is 1. The first-order chi connectivity index (χ1) is 8.97. The van der Waals surface area contributed by atoms with Gasteiger partial charge in [-0.1, -0.05) is 6.07 Å². The quantitative estimate of drug-likeness (QED) is 0.720. The summed E-state index contributed by atoms with van der Waals surface area (Å²) >= 11 is 0. The van der Waals surface area contributed by atoms with Crippen molar-refractivity contribution in [1.29, 1.82) is 0 Å². The first-order valence-electron chi connectivity index (χ1n) is 5.78. The molecule has 0 unspecified atom stereocenters. The lowest BCUT2D eigenvalue weighted by Crippen LogP contribution is -2.23. The van der Waals surface area contributed by atoms with Crippen LogP contribution < -0.4 is 10.9 Å². The van der Waals surface area contributed by atoms with Crippen LogP contribution in [0.15, 0.2) is 35.1 Å². The lowest BCUT2D eigenvalue weighted by atomic mass is 10.2. The summed E-state index contributed by atoms with van der Waals surface area (Å²) in [5.74, 6) is -0.586. The molecule has 2 rings (SSSR count). The predicted molar refractivity (Wildman–Crippen MR) is 72.6 cm³/mol. The van der Waals surface area contributed by atoms with Crippen molar-refractivity contribution in [1.82, 2.24) is 4.98 Å². The molecule has 1 heterocycles. The lowest BCUT2D eigenvalue weighted by molar-refractivity contribution is 0.102. The van der Waals surface area contributed by atoms with Gasteiger partial charge in [-0.05, 0) is 43.7 Å². The third kappa shape index (κ3) is 2.82. The van der Waals surface area contributed by atoms with E-state index in [1.807, 2.05) is 6.92 Å². The van der Waals surface area contributed by atoms with Crippen LogP contribution in [0.3, 0.4) is 0 Å². The van der Waals surface area contributed by atoms with Gasteiger partial charge in [0, 0.05) is 5.69 Å². The van der Waals surface area contributed by atoms with Crippen molar-refractivity contribution in [2.24, 2.45) is 0 Å². The Labute approximate surface area is 109 Å². The maximum atomic E-state index is 11.9. The maximum absolute atomic E-state index is 11.9. The molecule has 2 aromatic rings. The average Bonchev–Trinajstić information content (AvgIpc) is 2.32. The highest BCUT2D eigenvalue weighted by Crippen LogP contribution is 2.24. The normalized spacial score (nSPS) is 10.2. The third-order valence-electron chi connectivity index (χ3n) is 2.70. The molecule has 0 saturated carbocycles. The van der Waals surface area contributed by atoms with Crippen LogP contribution in [0.1, 0.15) is 21.6 Å². The summed E-state index contributed by atoms with van der Waals surface area (Å²) in [5, 5.41) is 12.2. The van der Waals surface area contributed by atoms with Gasteiger partial charge in [0.15, 0.2) is 0 Å². The van der Waals surface area contributed by atoms with Crippen molar-refractivity contribution >= 4 is 11.6 Å². The topological polar surface area (TPSA) is 82.2 Å². The number of H-pyrrole nitrogens is 1. The molecule has 0 aliphatic carbocycles. The Morgan fingerprint density at radius 3 is 2.58 bits per heavy atom. The molecule has 0 atom stereocenters. The summed E-state index contributed by atoms with van der Waals surface area (Å²) in [6.45, 7) is 3.56. The zero-order valence-corrected chi connectivity index (χ0v) is 10.7. The number of carbonyl (C=O) groups is 1. The number of aromatic nitrogens is 1. The summed E-state index contributed by atoms with van der Waals surface area (Å²) in [6, 6.07) is 7.98. The molecule has 0 fully saturated rings. The number of rotatable bonds is 2. The molecule has 0 bridgehead atoms. The number of phenols is 1. The second-order valence-corrected chi connectivity index (χ2v) is 4.36. The zero-order chi connectivity index (χ0) is 14.0. The smallest absolute Gasteiger partial charge is 0.261 e. The van der Waals surface area contributed by atoms with Crippen LogP contribution >= 0.6 is 0 Å². The van der Waals surface area contributed by atoms with E-state index in [2.05, 4.69) is 10.3 Å². The number of benzene rings is 1. The number of pyridine rings is 1. The van der Waals surface area contributed by atoms with Crippen LogP contribution in [0.25, 0.3) is 0 Å². The number of anilines is 1. The van der Waals surface area contributed by atoms with Crippen LogP contribution in [0, 0.1) is 13.8 Å². The fourth-order valence-electron chi connectivity index (χ4n) is 1.69. The van der Waals surface area contributed by atoms with E-state index in [1.165, 1.54) is 12.1 Å². The second kappa shape index (κ2) is 4.97. The van der Waals surface area contributed by atoms with Crippen molar-refractivity contribution in [2.45, 2.75) is 13.8 Å². The Kier molecular flexibility index (Phi) is 3.37. The van der Waals surface area contributed by atoms with Gasteiger partial charge in [-0.3, -0.25) is 9.59 Å². The van der Waals surface area contributed by atoms with E-state index >= 15 is 0 Å². The Balaban J connectivity index is 2.28. The summed E-state index contributed by atoms with van der Waals surface area (Å²) in [5.41, 5.74) is 1.38. The van der Waals surface area contributed by atoms with Gasteiger partial charge in [0.1, 0.15) is 11.3 Å². The molecule has 0 radical (unpaired) electrons. The van der Waals surface area contributed by atoms with Crippen LogP contribution in [0.5, 0.6) is 5.75 Å². The van der Waals surface area contributed by atoms with Gasteiger partial charge in [0.05, 0.1) is 5.69 Å². The summed E-state index contributed by atoms with van der Waals surface area (Å²) in [4.78, 5) is 26.1. The van der Waals surface area contributed by atoms with E-state index in [0.717, 1.165) is 5.56 Å². The maximum Gasteiger partial charge on any atom is 0.261 e. The van der Waals surface area contributed by atoms with E-state index in [0.29, 0.717) is 5.69 Å². The molecule has 19 heavy (non-hydrogen) atoms. The zero-order valence-electron chi connectivity index (χ0n) is 10.7. The molecule has 5 heteroatoms. The number of nitrogens with one attached hydrogen (secondary N) is 2. The van der Waals surface area contributed by atoms with Gasteiger partial charge >= 0.3 is 0 Å². The van der Waals surface area contributed by atoms with E-state index < -0.39 is 11.5 Å². The molecule has 1 aromatic heterocycles. The predicted octanol–water partition coefficient (Wildman–Crippen LogP) is 1.95. The van der Waals surface area contributed by atoms with Gasteiger partial charge in [0.25, 0.3) is 11.5 Å². The highest BCUT2D eigenvalue weighted by Gasteiger charge is 2.12. The SMILES string of the molecule is Cc1ccc(NC(=O)c2ccc(C)[nH]c2=O)c(O)c1. The number of carbonyl (C=O) groups excluding carboxylic acids is 1. The van der Waals surface area contributed by atoms with Crippen molar-refractivity contribution in [3.63, 3.8) is 0 Å². The molecule has 3 N–H and O–H groups in total. The lowest BCUT2D eigenvalue weighted by Gasteiger charge is -2.07. The summed E-state index contributed by atoms with van der Waals surface area (Å²) in [6.07, 6.45) is 0. The van der Waals surface area contributed by atoms with E-state index in [4.69, 9.17) is 0 Å². The summed E-state index contributed by atoms with van der Waals surface area (Å²) in [7, 11) is 0. The number of amides is 1. The van der Waals surface area contributed by atoms with Gasteiger partial charge in [0.2, 0.25) is 0 Å². The molecule has 1 aromatic carbocycles. The second-order valence-electron chi connectivity index (χ2n) is 4.36. The first-order valence-corrected chi connectivity index (χ1v) is 5.78. The van der Waals surface area contributed by atoms with Gasteiger partial charge < -0.3 is 15.4 Å². The number of phenolic OH excluding ortho intramolecular Hbond substituents is 1. The molecule has 5 nitrogen and oxygen atoms in total. The Morgan fingerprint density at radius 1 is 1.21 bits per heavy atom. The minimum absolute atomic E-state index is 0.00516. The number of aromatic hydroxyl groups is 1. The first kappa shape index (κ1) is 12.9. The number of aryl methyl sites for hydroxylation is 2. The molecule has 0 saturated heterocycles. The van der Waals surface area contributed by atoms with E-state index in [-0.39, 0.29) is 17.0 Å². The van der Waals surface area contributed by atoms with Crippen molar-refractivity contribution in [2.75, 3.05) is 5.32 Å². The van der Waals surface area contributed by atoms with Crippen molar-refractivity contribution < 1.29 is 9.90 Å². The third-order valence-corrected chi connectivity index (χ3v) is 2.70.